The van der Waals surface area contributed by atoms with Crippen LogP contribution >= 0.6 is 7.82 Å². The number of aryl methyl sites for hydroxylation is 2. The SMILES string of the molecule is CCCn1c(=O)c2[nH]c(C34CCC(O)(CC3)CC4)nc2n(CCC)c1=O.CCCn1c(=O)c2[nH]c(C34CCC(OP(=O)(O)O)(CC3)CC4)nc2n(CCC)c1=O. The molecule has 0 radical (unpaired) electrons. The number of hydrogen-bond donors (Lipinski definition) is 5. The van der Waals surface area contributed by atoms with Gasteiger partial charge in [-0.05, 0) is 103 Å². The van der Waals surface area contributed by atoms with E-state index in [1.54, 1.807) is 9.13 Å². The average molecular weight is 801 g/mol. The molecular weight excluding hydrogens is 743 g/mol. The zero-order chi connectivity index (χ0) is 40.3. The van der Waals surface area contributed by atoms with Crippen molar-refractivity contribution in [3.05, 3.63) is 53.3 Å². The molecule has 0 amide bonds. The first-order valence-electron chi connectivity index (χ1n) is 20.5. The number of aliphatic hydroxyl groups is 1. The fourth-order valence-electron chi connectivity index (χ4n) is 9.94. The second-order valence-electron chi connectivity index (χ2n) is 16.9. The summed E-state index contributed by atoms with van der Waals surface area (Å²) >= 11 is 0. The molecular formula is C38H57N8O9P. The Kier molecular flexibility index (Phi) is 10.8. The summed E-state index contributed by atoms with van der Waals surface area (Å²) in [5.41, 5.74) is -1.19. The Bertz CT molecular complexity index is 2360. The highest BCUT2D eigenvalue weighted by atomic mass is 31.2. The molecule has 17 nitrogen and oxygen atoms in total. The summed E-state index contributed by atoms with van der Waals surface area (Å²) in [4.78, 5) is 86.1. The highest BCUT2D eigenvalue weighted by Gasteiger charge is 2.54. The molecule has 56 heavy (non-hydrogen) atoms. The zero-order valence-electron chi connectivity index (χ0n) is 33.1. The van der Waals surface area contributed by atoms with E-state index in [-0.39, 0.29) is 33.3 Å². The van der Waals surface area contributed by atoms with Crippen LogP contribution in [-0.4, -0.2) is 64.3 Å². The van der Waals surface area contributed by atoms with Gasteiger partial charge in [-0.1, -0.05) is 27.7 Å². The molecule has 5 N–H and O–H groups in total. The van der Waals surface area contributed by atoms with Gasteiger partial charge >= 0.3 is 19.2 Å². The normalized spacial score (nSPS) is 27.3. The summed E-state index contributed by atoms with van der Waals surface area (Å²) < 4.78 is 22.4. The van der Waals surface area contributed by atoms with Crippen molar-refractivity contribution in [3.8, 4) is 0 Å². The maximum absolute atomic E-state index is 13.0. The fourth-order valence-corrected chi connectivity index (χ4v) is 10.7. The van der Waals surface area contributed by atoms with Gasteiger partial charge in [0.15, 0.2) is 11.3 Å². The summed E-state index contributed by atoms with van der Waals surface area (Å²) in [5, 5.41) is 10.5. The van der Waals surface area contributed by atoms with Crippen molar-refractivity contribution in [3.63, 3.8) is 0 Å². The molecule has 0 aromatic carbocycles. The van der Waals surface area contributed by atoms with E-state index in [0.717, 1.165) is 63.6 Å². The number of fused-ring (bicyclic) bond motifs is 8. The van der Waals surface area contributed by atoms with Crippen molar-refractivity contribution in [2.24, 2.45) is 0 Å². The third-order valence-corrected chi connectivity index (χ3v) is 13.8. The molecule has 0 unspecified atom stereocenters. The van der Waals surface area contributed by atoms with Crippen molar-refractivity contribution >= 4 is 30.2 Å². The van der Waals surface area contributed by atoms with Gasteiger partial charge in [0.1, 0.15) is 22.7 Å². The largest absolute Gasteiger partial charge is 0.470 e. The van der Waals surface area contributed by atoms with Gasteiger partial charge < -0.3 is 24.9 Å². The molecule has 6 fully saturated rings. The third kappa shape index (κ3) is 7.01. The number of phosphoric acid groups is 1. The molecule has 308 valence electrons. The number of H-pyrrole nitrogens is 2. The number of rotatable bonds is 12. The number of nitrogens with one attached hydrogen (secondary N) is 2. The molecule has 4 aromatic heterocycles. The van der Waals surface area contributed by atoms with Gasteiger partial charge in [0.2, 0.25) is 0 Å². The van der Waals surface area contributed by atoms with Crippen molar-refractivity contribution in [1.29, 1.82) is 0 Å². The Balaban J connectivity index is 0.000000173. The smallest absolute Gasteiger partial charge is 0.390 e. The van der Waals surface area contributed by atoms with Gasteiger partial charge in [0, 0.05) is 37.0 Å². The number of aromatic nitrogens is 8. The Morgan fingerprint density at radius 1 is 0.589 bits per heavy atom. The lowest BCUT2D eigenvalue weighted by Crippen LogP contribution is -2.49. The summed E-state index contributed by atoms with van der Waals surface area (Å²) in [6.45, 7) is 9.69. The molecule has 0 saturated heterocycles. The first-order valence-corrected chi connectivity index (χ1v) is 22.1. The molecule has 4 aromatic rings. The predicted molar refractivity (Wildman–Crippen MR) is 210 cm³/mol. The molecule has 4 heterocycles. The molecule has 0 spiro atoms. The van der Waals surface area contributed by atoms with Gasteiger partial charge in [-0.2, -0.15) is 0 Å². The van der Waals surface area contributed by atoms with E-state index in [1.807, 2.05) is 27.7 Å². The van der Waals surface area contributed by atoms with Gasteiger partial charge in [0.25, 0.3) is 11.1 Å². The average Bonchev–Trinajstić information content (AvgIpc) is 3.84. The topological polar surface area (TPSA) is 232 Å². The summed E-state index contributed by atoms with van der Waals surface area (Å²) in [6.07, 6.45) is 11.5. The van der Waals surface area contributed by atoms with Crippen molar-refractivity contribution in [2.75, 3.05) is 0 Å². The van der Waals surface area contributed by atoms with Gasteiger partial charge in [0.05, 0.1) is 11.2 Å². The van der Waals surface area contributed by atoms with Crippen LogP contribution in [0.1, 0.15) is 142 Å². The molecule has 0 atom stereocenters. The van der Waals surface area contributed by atoms with E-state index in [0.29, 0.717) is 99.3 Å². The third-order valence-electron chi connectivity index (χ3n) is 13.2. The lowest BCUT2D eigenvalue weighted by Gasteiger charge is -2.51. The van der Waals surface area contributed by atoms with Crippen LogP contribution in [-0.2, 0) is 46.1 Å². The molecule has 18 heteroatoms. The van der Waals surface area contributed by atoms with E-state index in [9.17, 15) is 38.6 Å². The van der Waals surface area contributed by atoms with Crippen LogP contribution in [0.25, 0.3) is 22.3 Å². The minimum Gasteiger partial charge on any atom is -0.390 e. The zero-order valence-corrected chi connectivity index (χ0v) is 34.0. The van der Waals surface area contributed by atoms with E-state index in [4.69, 9.17) is 14.5 Å². The van der Waals surface area contributed by atoms with Crippen molar-refractivity contribution in [2.45, 2.75) is 179 Å². The van der Waals surface area contributed by atoms with Crippen molar-refractivity contribution < 1.29 is 24.0 Å². The molecule has 6 saturated carbocycles. The summed E-state index contributed by atoms with van der Waals surface area (Å²) in [7, 11) is -4.55. The maximum atomic E-state index is 13.0. The van der Waals surface area contributed by atoms with Gasteiger partial charge in [-0.25, -0.2) is 24.1 Å². The molecule has 4 bridgehead atoms. The standard InChI is InChI=1S/C19H29N4O6P.C19H28N4O3/c1-3-11-22-14-13(15(24)23(12-4-2)17(22)25)20-16(21-14)18-5-8-19(9-6-18,10-7-18)29-30(26,27)28;1-3-11-22-14-13(15(24)23(12-4-2)17(22)25)20-16(21-14)18-5-8-19(26,9-6-18)10-7-18/h3-12H2,1-2H3,(H,20,21)(H2,26,27,28);26H,3-12H2,1-2H3,(H,20,21). The Morgan fingerprint density at radius 2 is 0.929 bits per heavy atom. The van der Waals surface area contributed by atoms with E-state index < -0.39 is 19.0 Å². The van der Waals surface area contributed by atoms with Crippen LogP contribution in [0.2, 0.25) is 0 Å². The number of hydrogen-bond acceptors (Lipinski definition) is 9. The molecule has 0 aliphatic heterocycles. The highest BCUT2D eigenvalue weighted by molar-refractivity contribution is 7.46. The Hall–Kier alpha value is -3.63. The van der Waals surface area contributed by atoms with Crippen LogP contribution in [0.15, 0.2) is 19.2 Å². The number of phosphoric ester groups is 1. The van der Waals surface area contributed by atoms with E-state index >= 15 is 0 Å². The fraction of sp³-hybridized carbons (Fsp3) is 0.737. The molecule has 6 aliphatic rings. The van der Waals surface area contributed by atoms with Crippen LogP contribution in [0, 0.1) is 0 Å². The minimum absolute atomic E-state index is 0.0986. The van der Waals surface area contributed by atoms with Gasteiger partial charge in [-0.3, -0.25) is 32.4 Å². The van der Waals surface area contributed by atoms with Crippen LogP contribution < -0.4 is 22.5 Å². The maximum Gasteiger partial charge on any atom is 0.470 e. The van der Waals surface area contributed by atoms with E-state index in [2.05, 4.69) is 9.97 Å². The second-order valence-corrected chi connectivity index (χ2v) is 18.1. The lowest BCUT2D eigenvalue weighted by molar-refractivity contribution is -0.0677. The number of aromatic amines is 2. The molecule has 6 aliphatic carbocycles. The van der Waals surface area contributed by atoms with Crippen LogP contribution in [0.4, 0.5) is 0 Å². The van der Waals surface area contributed by atoms with Gasteiger partial charge in [-0.15, -0.1) is 0 Å². The summed E-state index contributed by atoms with van der Waals surface area (Å²) in [5.74, 6) is 1.52. The summed E-state index contributed by atoms with van der Waals surface area (Å²) in [6, 6.07) is 0. The highest BCUT2D eigenvalue weighted by Crippen LogP contribution is 2.59. The predicted octanol–water partition coefficient (Wildman–Crippen LogP) is 4.20. The first-order chi connectivity index (χ1) is 26.6. The monoisotopic (exact) mass is 800 g/mol. The van der Waals surface area contributed by atoms with Crippen LogP contribution in [0.3, 0.4) is 0 Å². The Labute approximate surface area is 323 Å². The van der Waals surface area contributed by atoms with E-state index in [1.165, 1.54) is 9.13 Å². The van der Waals surface area contributed by atoms with Crippen LogP contribution in [0.5, 0.6) is 0 Å². The Morgan fingerprint density at radius 3 is 1.27 bits per heavy atom. The minimum atomic E-state index is -4.55. The molecule has 10 rings (SSSR count). The lowest BCUT2D eigenvalue weighted by atomic mass is 9.58. The second kappa shape index (κ2) is 14.9. The van der Waals surface area contributed by atoms with Crippen molar-refractivity contribution in [1.82, 2.24) is 38.2 Å². The first kappa shape index (κ1) is 40.6. The number of nitrogens with zero attached hydrogens (tertiary/aromatic N) is 6. The number of imidazole rings is 2. The quantitative estimate of drug-likeness (QED) is 0.127.